The van der Waals surface area contributed by atoms with E-state index in [0.29, 0.717) is 18.3 Å². The first kappa shape index (κ1) is 25.6. The van der Waals surface area contributed by atoms with Crippen molar-refractivity contribution in [2.24, 2.45) is 29.6 Å². The van der Waals surface area contributed by atoms with Crippen LogP contribution in [0.15, 0.2) is 0 Å². The summed E-state index contributed by atoms with van der Waals surface area (Å²) in [7, 11) is 0. The summed E-state index contributed by atoms with van der Waals surface area (Å²) in [6.45, 7) is 2.28. The molecule has 0 saturated heterocycles. The Labute approximate surface area is 153 Å². The molecule has 3 nitrogen and oxygen atoms in total. The van der Waals surface area contributed by atoms with Crippen molar-refractivity contribution >= 4 is 0 Å². The second-order valence-electron chi connectivity index (χ2n) is 8.48. The van der Waals surface area contributed by atoms with Crippen molar-refractivity contribution in [3.8, 4) is 0 Å². The summed E-state index contributed by atoms with van der Waals surface area (Å²) in [6, 6.07) is 0. The van der Waals surface area contributed by atoms with Crippen LogP contribution in [0.3, 0.4) is 0 Å². The monoisotopic (exact) mass is 388 g/mol. The van der Waals surface area contributed by atoms with E-state index in [2.05, 4.69) is 6.92 Å². The van der Waals surface area contributed by atoms with E-state index in [9.17, 15) is 17.6 Å². The molecule has 3 saturated carbocycles. The summed E-state index contributed by atoms with van der Waals surface area (Å²) in [5, 5.41) is 0. The minimum atomic E-state index is -2.01. The van der Waals surface area contributed by atoms with Crippen molar-refractivity contribution < 1.29 is 34.0 Å². The first-order chi connectivity index (χ1) is 11.0. The van der Waals surface area contributed by atoms with Crippen LogP contribution in [-0.4, -0.2) is 41.1 Å². The summed E-state index contributed by atoms with van der Waals surface area (Å²) in [5.74, 6) is 1.28. The molecule has 5 unspecified atom stereocenters. The fraction of sp³-hybridized carbons (Fsp3) is 1.00. The van der Waals surface area contributed by atoms with Crippen LogP contribution >= 0.6 is 0 Å². The van der Waals surface area contributed by atoms with Gasteiger partial charge in [-0.2, -0.15) is 0 Å². The zero-order valence-electron chi connectivity index (χ0n) is 15.6. The highest BCUT2D eigenvalue weighted by atomic mass is 19.2. The molecule has 3 aliphatic rings. The first-order valence-corrected chi connectivity index (χ1v) is 9.52. The third kappa shape index (κ3) is 5.55. The maximum absolute atomic E-state index is 14.7. The fourth-order valence-corrected chi connectivity index (χ4v) is 5.40. The third-order valence-electron chi connectivity index (χ3n) is 6.94. The van der Waals surface area contributed by atoms with Crippen molar-refractivity contribution in [1.82, 2.24) is 0 Å². The lowest BCUT2D eigenvalue weighted by atomic mass is 9.64. The Kier molecular flexibility index (Phi) is 10.6. The molecule has 0 aromatic heterocycles. The Morgan fingerprint density at radius 3 is 1.50 bits per heavy atom. The molecule has 26 heavy (non-hydrogen) atoms. The molecule has 0 heterocycles. The largest absolute Gasteiger partial charge is 0.412 e. The number of halogens is 4. The molecule has 3 rings (SSSR count). The van der Waals surface area contributed by atoms with Crippen molar-refractivity contribution in [2.45, 2.75) is 89.4 Å². The minimum Gasteiger partial charge on any atom is -0.412 e. The van der Waals surface area contributed by atoms with Crippen LogP contribution in [0, 0.1) is 29.6 Å². The van der Waals surface area contributed by atoms with Crippen LogP contribution in [0.4, 0.5) is 17.6 Å². The van der Waals surface area contributed by atoms with Gasteiger partial charge in [0.1, 0.15) is 18.5 Å². The average Bonchev–Trinajstić information content (AvgIpc) is 2.53. The van der Waals surface area contributed by atoms with Crippen LogP contribution in [-0.2, 0) is 0 Å². The maximum Gasteiger partial charge on any atom is 0.162 e. The predicted octanol–water partition coefficient (Wildman–Crippen LogP) is 3.52. The SMILES string of the molecule is CC1CCC(C2CCC(C3CC(F)C(F)C(F)C3)C(F)C2)CC1.O.O.O. The van der Waals surface area contributed by atoms with Gasteiger partial charge in [0.15, 0.2) is 6.17 Å². The van der Waals surface area contributed by atoms with E-state index in [-0.39, 0.29) is 41.1 Å². The molecule has 3 aliphatic carbocycles. The van der Waals surface area contributed by atoms with E-state index in [1.54, 1.807) is 0 Å². The summed E-state index contributed by atoms with van der Waals surface area (Å²) in [6.07, 6.45) is 0.658. The van der Waals surface area contributed by atoms with Crippen LogP contribution < -0.4 is 0 Å². The fourth-order valence-electron chi connectivity index (χ4n) is 5.40. The van der Waals surface area contributed by atoms with Gasteiger partial charge in [-0.25, -0.2) is 17.6 Å². The Hall–Kier alpha value is -0.400. The highest BCUT2D eigenvalue weighted by Gasteiger charge is 2.45. The van der Waals surface area contributed by atoms with Crippen molar-refractivity contribution in [1.29, 1.82) is 0 Å². The third-order valence-corrected chi connectivity index (χ3v) is 6.94. The minimum absolute atomic E-state index is 0. The van der Waals surface area contributed by atoms with Gasteiger partial charge in [-0.15, -0.1) is 0 Å². The van der Waals surface area contributed by atoms with E-state index in [4.69, 9.17) is 0 Å². The molecule has 0 aromatic carbocycles. The molecule has 0 radical (unpaired) electrons. The van der Waals surface area contributed by atoms with Gasteiger partial charge < -0.3 is 16.4 Å². The van der Waals surface area contributed by atoms with Crippen molar-refractivity contribution in [2.75, 3.05) is 0 Å². The van der Waals surface area contributed by atoms with Gasteiger partial charge in [0, 0.05) is 0 Å². The molecular weight excluding hydrogens is 352 g/mol. The second-order valence-corrected chi connectivity index (χ2v) is 8.48. The lowest BCUT2D eigenvalue weighted by molar-refractivity contribution is -0.0285. The van der Waals surface area contributed by atoms with Crippen LogP contribution in [0.5, 0.6) is 0 Å². The molecule has 6 N–H and O–H groups in total. The van der Waals surface area contributed by atoms with E-state index in [1.165, 1.54) is 25.7 Å². The number of hydrogen-bond donors (Lipinski definition) is 0. The van der Waals surface area contributed by atoms with E-state index in [0.717, 1.165) is 18.8 Å². The quantitative estimate of drug-likeness (QED) is 0.647. The average molecular weight is 388 g/mol. The van der Waals surface area contributed by atoms with Gasteiger partial charge in [0.25, 0.3) is 0 Å². The Morgan fingerprint density at radius 2 is 1.00 bits per heavy atom. The summed E-state index contributed by atoms with van der Waals surface area (Å²) >= 11 is 0. The molecule has 3 fully saturated rings. The lowest BCUT2D eigenvalue weighted by Gasteiger charge is -2.43. The maximum atomic E-state index is 14.7. The van der Waals surface area contributed by atoms with E-state index < -0.39 is 24.7 Å². The molecule has 5 atom stereocenters. The van der Waals surface area contributed by atoms with Crippen molar-refractivity contribution in [3.63, 3.8) is 0 Å². The lowest BCUT2D eigenvalue weighted by Crippen LogP contribution is -2.43. The Balaban J connectivity index is 0.00000208. The van der Waals surface area contributed by atoms with Gasteiger partial charge in [0.05, 0.1) is 0 Å². The Morgan fingerprint density at radius 1 is 0.538 bits per heavy atom. The highest BCUT2D eigenvalue weighted by molar-refractivity contribution is 4.94. The summed E-state index contributed by atoms with van der Waals surface area (Å²) in [5.41, 5.74) is 0. The summed E-state index contributed by atoms with van der Waals surface area (Å²) in [4.78, 5) is 0. The van der Waals surface area contributed by atoms with Gasteiger partial charge in [-0.3, -0.25) is 0 Å². The number of rotatable bonds is 2. The normalized spacial score (nSPS) is 46.3. The zero-order chi connectivity index (χ0) is 16.6. The van der Waals surface area contributed by atoms with E-state index >= 15 is 0 Å². The smallest absolute Gasteiger partial charge is 0.162 e. The molecule has 7 heteroatoms. The molecule has 0 spiro atoms. The molecule has 0 aliphatic heterocycles. The second kappa shape index (κ2) is 10.8. The molecular formula is C19H36F4O3. The van der Waals surface area contributed by atoms with Gasteiger partial charge in [-0.05, 0) is 74.5 Å². The van der Waals surface area contributed by atoms with Gasteiger partial charge in [0.2, 0.25) is 0 Å². The van der Waals surface area contributed by atoms with Crippen LogP contribution in [0.2, 0.25) is 0 Å². The molecule has 158 valence electrons. The topological polar surface area (TPSA) is 94.5 Å². The first-order valence-electron chi connectivity index (χ1n) is 9.52. The van der Waals surface area contributed by atoms with Crippen molar-refractivity contribution in [3.05, 3.63) is 0 Å². The number of hydrogen-bond acceptors (Lipinski definition) is 0. The van der Waals surface area contributed by atoms with Crippen LogP contribution in [0.25, 0.3) is 0 Å². The van der Waals surface area contributed by atoms with Gasteiger partial charge >= 0.3 is 0 Å². The molecule has 0 aromatic rings. The Bertz CT molecular complexity index is 381. The number of alkyl halides is 4. The standard InChI is InChI=1S/C19H30F4.3H2O/c1-11-2-4-12(5-3-11)13-6-7-15(16(20)8-13)14-9-17(21)19(23)18(22)10-14;;;/h11-19H,2-10H2,1H3;3*1H2. The summed E-state index contributed by atoms with van der Waals surface area (Å²) < 4.78 is 55.3. The van der Waals surface area contributed by atoms with Crippen LogP contribution in [0.1, 0.15) is 64.7 Å². The predicted molar refractivity (Wildman–Crippen MR) is 95.1 cm³/mol. The molecule has 0 amide bonds. The molecule has 0 bridgehead atoms. The zero-order valence-corrected chi connectivity index (χ0v) is 15.6. The van der Waals surface area contributed by atoms with E-state index in [1.807, 2.05) is 0 Å². The highest BCUT2D eigenvalue weighted by Crippen LogP contribution is 2.47. The van der Waals surface area contributed by atoms with Gasteiger partial charge in [-0.1, -0.05) is 19.8 Å².